The van der Waals surface area contributed by atoms with Gasteiger partial charge in [0.1, 0.15) is 5.75 Å². The van der Waals surface area contributed by atoms with Crippen LogP contribution in [0.25, 0.3) is 0 Å². The monoisotopic (exact) mass is 446 g/mol. The summed E-state index contributed by atoms with van der Waals surface area (Å²) in [6.07, 6.45) is 2.69. The van der Waals surface area contributed by atoms with E-state index in [1.807, 2.05) is 0 Å². The Kier molecular flexibility index (Phi) is 7.29. The summed E-state index contributed by atoms with van der Waals surface area (Å²) in [5, 5.41) is 2.73. The number of hydrogen-bond acceptors (Lipinski definition) is 6. The molecule has 0 atom stereocenters. The van der Waals surface area contributed by atoms with Gasteiger partial charge >= 0.3 is 5.97 Å². The van der Waals surface area contributed by atoms with E-state index in [1.54, 1.807) is 13.0 Å². The molecule has 8 nitrogen and oxygen atoms in total. The van der Waals surface area contributed by atoms with Crippen molar-refractivity contribution in [3.8, 4) is 5.75 Å². The van der Waals surface area contributed by atoms with Gasteiger partial charge in [-0.25, -0.2) is 13.2 Å². The van der Waals surface area contributed by atoms with Crippen LogP contribution in [0.4, 0.5) is 5.69 Å². The minimum Gasteiger partial charge on any atom is -0.492 e. The fourth-order valence-corrected chi connectivity index (χ4v) is 4.92. The van der Waals surface area contributed by atoms with Crippen LogP contribution in [0.2, 0.25) is 0 Å². The van der Waals surface area contributed by atoms with Crippen molar-refractivity contribution in [2.75, 3.05) is 32.1 Å². The standard InChI is InChI=1S/C22H26N2O6S/c1-3-30-20-12-11-18(31(27,28)24-13-5-4-6-14-24)15-19(20)23-21(25)16-7-9-17(10-8-16)22(26)29-2/h7-12,15H,3-6,13-14H2,1-2H3,(H,23,25). The lowest BCUT2D eigenvalue weighted by atomic mass is 10.1. The summed E-state index contributed by atoms with van der Waals surface area (Å²) in [4.78, 5) is 24.4. The van der Waals surface area contributed by atoms with Crippen molar-refractivity contribution in [2.24, 2.45) is 0 Å². The van der Waals surface area contributed by atoms with E-state index in [2.05, 4.69) is 10.1 Å². The fourth-order valence-electron chi connectivity index (χ4n) is 3.37. The van der Waals surface area contributed by atoms with Crippen LogP contribution in [0.3, 0.4) is 0 Å². The average Bonchev–Trinajstić information content (AvgIpc) is 2.80. The third-order valence-corrected chi connectivity index (χ3v) is 6.91. The lowest BCUT2D eigenvalue weighted by Gasteiger charge is -2.26. The minimum absolute atomic E-state index is 0.106. The van der Waals surface area contributed by atoms with Gasteiger partial charge in [-0.05, 0) is 62.2 Å². The smallest absolute Gasteiger partial charge is 0.337 e. The number of nitrogens with zero attached hydrogens (tertiary/aromatic N) is 1. The molecule has 0 aliphatic carbocycles. The van der Waals surface area contributed by atoms with Crippen LogP contribution in [0.5, 0.6) is 5.75 Å². The molecule has 1 aliphatic rings. The molecule has 1 N–H and O–H groups in total. The lowest BCUT2D eigenvalue weighted by molar-refractivity contribution is 0.0600. The second-order valence-electron chi connectivity index (χ2n) is 7.08. The number of sulfonamides is 1. The maximum absolute atomic E-state index is 13.0. The highest BCUT2D eigenvalue weighted by molar-refractivity contribution is 7.89. The first-order valence-electron chi connectivity index (χ1n) is 10.1. The third kappa shape index (κ3) is 5.23. The molecule has 2 aromatic carbocycles. The van der Waals surface area contributed by atoms with Crippen LogP contribution in [-0.2, 0) is 14.8 Å². The van der Waals surface area contributed by atoms with Crippen molar-refractivity contribution in [1.82, 2.24) is 4.31 Å². The number of nitrogens with one attached hydrogen (secondary N) is 1. The SMILES string of the molecule is CCOc1ccc(S(=O)(=O)N2CCCCC2)cc1NC(=O)c1ccc(C(=O)OC)cc1. The van der Waals surface area contributed by atoms with Gasteiger partial charge in [-0.15, -0.1) is 0 Å². The molecular weight excluding hydrogens is 420 g/mol. The second-order valence-corrected chi connectivity index (χ2v) is 9.02. The Labute approximate surface area is 182 Å². The maximum Gasteiger partial charge on any atom is 0.337 e. The maximum atomic E-state index is 13.0. The molecule has 1 saturated heterocycles. The normalized spacial score (nSPS) is 14.6. The van der Waals surface area contributed by atoms with Crippen molar-refractivity contribution in [3.05, 3.63) is 53.6 Å². The van der Waals surface area contributed by atoms with Gasteiger partial charge in [-0.2, -0.15) is 4.31 Å². The van der Waals surface area contributed by atoms with Crippen LogP contribution < -0.4 is 10.1 Å². The molecule has 1 aliphatic heterocycles. The van der Waals surface area contributed by atoms with E-state index in [0.717, 1.165) is 19.3 Å². The number of anilines is 1. The van der Waals surface area contributed by atoms with Gasteiger partial charge in [-0.3, -0.25) is 4.79 Å². The predicted octanol–water partition coefficient (Wildman–Crippen LogP) is 3.30. The molecule has 31 heavy (non-hydrogen) atoms. The number of hydrogen-bond donors (Lipinski definition) is 1. The fraction of sp³-hybridized carbons (Fsp3) is 0.364. The summed E-state index contributed by atoms with van der Waals surface area (Å²) in [6.45, 7) is 3.14. The minimum atomic E-state index is -3.66. The molecule has 1 fully saturated rings. The first kappa shape index (κ1) is 22.8. The van der Waals surface area contributed by atoms with E-state index in [1.165, 1.54) is 47.8 Å². The molecule has 9 heteroatoms. The van der Waals surface area contributed by atoms with Crippen LogP contribution >= 0.6 is 0 Å². The van der Waals surface area contributed by atoms with Gasteiger partial charge in [-0.1, -0.05) is 6.42 Å². The van der Waals surface area contributed by atoms with E-state index in [-0.39, 0.29) is 10.6 Å². The summed E-state index contributed by atoms with van der Waals surface area (Å²) in [5.41, 5.74) is 0.894. The van der Waals surface area contributed by atoms with Crippen molar-refractivity contribution in [3.63, 3.8) is 0 Å². The van der Waals surface area contributed by atoms with E-state index in [4.69, 9.17) is 4.74 Å². The first-order chi connectivity index (χ1) is 14.9. The number of benzene rings is 2. The molecule has 166 valence electrons. The number of carbonyl (C=O) groups is 2. The summed E-state index contributed by atoms with van der Waals surface area (Å²) < 4.78 is 37.7. The van der Waals surface area contributed by atoms with E-state index in [9.17, 15) is 18.0 Å². The molecule has 3 rings (SSSR count). The third-order valence-electron chi connectivity index (χ3n) is 5.02. The van der Waals surface area contributed by atoms with Gasteiger partial charge in [0.2, 0.25) is 10.0 Å². The van der Waals surface area contributed by atoms with E-state index >= 15 is 0 Å². The second kappa shape index (κ2) is 9.93. The van der Waals surface area contributed by atoms with Crippen molar-refractivity contribution < 1.29 is 27.5 Å². The Bertz CT molecular complexity index is 1040. The molecular formula is C22H26N2O6S. The molecule has 0 unspecified atom stereocenters. The quantitative estimate of drug-likeness (QED) is 0.655. The zero-order valence-electron chi connectivity index (χ0n) is 17.6. The number of methoxy groups -OCH3 is 1. The highest BCUT2D eigenvalue weighted by Crippen LogP contribution is 2.30. The Balaban J connectivity index is 1.87. The van der Waals surface area contributed by atoms with Crippen LogP contribution in [0, 0.1) is 0 Å². The number of ether oxygens (including phenoxy) is 2. The molecule has 0 saturated carbocycles. The van der Waals surface area contributed by atoms with E-state index in [0.29, 0.717) is 36.6 Å². The summed E-state index contributed by atoms with van der Waals surface area (Å²) in [7, 11) is -2.38. The van der Waals surface area contributed by atoms with Gasteiger partial charge < -0.3 is 14.8 Å². The van der Waals surface area contributed by atoms with Crippen LogP contribution in [-0.4, -0.2) is 51.4 Å². The summed E-state index contributed by atoms with van der Waals surface area (Å²) >= 11 is 0. The average molecular weight is 447 g/mol. The highest BCUT2D eigenvalue weighted by atomic mass is 32.2. The highest BCUT2D eigenvalue weighted by Gasteiger charge is 2.27. The van der Waals surface area contributed by atoms with Crippen LogP contribution in [0.1, 0.15) is 46.9 Å². The van der Waals surface area contributed by atoms with Gasteiger partial charge in [0.25, 0.3) is 5.91 Å². The number of esters is 1. The zero-order valence-corrected chi connectivity index (χ0v) is 18.4. The van der Waals surface area contributed by atoms with Crippen molar-refractivity contribution in [2.45, 2.75) is 31.1 Å². The molecule has 1 amide bonds. The molecule has 0 spiro atoms. The molecule has 0 aromatic heterocycles. The number of piperidine rings is 1. The lowest BCUT2D eigenvalue weighted by Crippen LogP contribution is -2.35. The summed E-state index contributed by atoms with van der Waals surface area (Å²) in [6, 6.07) is 10.4. The topological polar surface area (TPSA) is 102 Å². The molecule has 0 radical (unpaired) electrons. The number of carbonyl (C=O) groups excluding carboxylic acids is 2. The molecule has 2 aromatic rings. The van der Waals surface area contributed by atoms with Crippen molar-refractivity contribution in [1.29, 1.82) is 0 Å². The molecule has 0 bridgehead atoms. The van der Waals surface area contributed by atoms with Gasteiger partial charge in [0.05, 0.1) is 29.9 Å². The Morgan fingerprint density at radius 3 is 2.26 bits per heavy atom. The largest absolute Gasteiger partial charge is 0.492 e. The number of rotatable bonds is 7. The van der Waals surface area contributed by atoms with Gasteiger partial charge in [0, 0.05) is 18.7 Å². The Morgan fingerprint density at radius 2 is 1.65 bits per heavy atom. The van der Waals surface area contributed by atoms with Crippen LogP contribution in [0.15, 0.2) is 47.4 Å². The molecule has 1 heterocycles. The predicted molar refractivity (Wildman–Crippen MR) is 116 cm³/mol. The zero-order chi connectivity index (χ0) is 22.4. The van der Waals surface area contributed by atoms with Gasteiger partial charge in [0.15, 0.2) is 0 Å². The summed E-state index contributed by atoms with van der Waals surface area (Å²) in [5.74, 6) is -0.578. The van der Waals surface area contributed by atoms with E-state index < -0.39 is 21.9 Å². The number of amides is 1. The van der Waals surface area contributed by atoms with Crippen molar-refractivity contribution >= 4 is 27.6 Å². The Morgan fingerprint density at radius 1 is 1.00 bits per heavy atom. The Hall–Kier alpha value is -2.91. The first-order valence-corrected chi connectivity index (χ1v) is 11.6.